The molecule has 0 aliphatic rings. The van der Waals surface area contributed by atoms with E-state index in [1.165, 1.54) is 4.68 Å². The lowest BCUT2D eigenvalue weighted by Crippen LogP contribution is -2.14. The van der Waals surface area contributed by atoms with Crippen molar-refractivity contribution < 1.29 is 13.2 Å². The topological polar surface area (TPSA) is 81.9 Å². The summed E-state index contributed by atoms with van der Waals surface area (Å²) in [5, 5.41) is 4.25. The van der Waals surface area contributed by atoms with Gasteiger partial charge in [0.25, 0.3) is 0 Å². The summed E-state index contributed by atoms with van der Waals surface area (Å²) >= 11 is 0. The molecule has 6 nitrogen and oxygen atoms in total. The number of nitrogens with zero attached hydrogens (tertiary/aromatic N) is 3. The molecule has 0 radical (unpaired) electrons. The van der Waals surface area contributed by atoms with Crippen LogP contribution >= 0.6 is 0 Å². The molecule has 0 aromatic carbocycles. The van der Waals surface area contributed by atoms with E-state index >= 15 is 0 Å². The number of pyridine rings is 1. The fourth-order valence-corrected chi connectivity index (χ4v) is 2.47. The molecule has 2 aromatic rings. The predicted octanol–water partition coefficient (Wildman–Crippen LogP) is 1.19. The van der Waals surface area contributed by atoms with E-state index in [0.717, 1.165) is 0 Å². The van der Waals surface area contributed by atoms with Crippen molar-refractivity contribution in [2.75, 3.05) is 11.5 Å². The fraction of sp³-hybridized carbons (Fsp3) is 0.308. The Morgan fingerprint density at radius 3 is 2.75 bits per heavy atom. The Labute approximate surface area is 117 Å². The van der Waals surface area contributed by atoms with Gasteiger partial charge in [0, 0.05) is 18.1 Å². The average molecular weight is 293 g/mol. The second kappa shape index (κ2) is 5.96. The van der Waals surface area contributed by atoms with Crippen LogP contribution in [0, 0.1) is 0 Å². The minimum atomic E-state index is -3.06. The van der Waals surface area contributed by atoms with Gasteiger partial charge in [0.1, 0.15) is 5.69 Å². The summed E-state index contributed by atoms with van der Waals surface area (Å²) in [4.78, 5) is 15.2. The van der Waals surface area contributed by atoms with Gasteiger partial charge in [0.05, 0.1) is 23.6 Å². The summed E-state index contributed by atoms with van der Waals surface area (Å²) in [6.45, 7) is 1.83. The first-order valence-electron chi connectivity index (χ1n) is 6.20. The molecular formula is C13H15N3O3S. The van der Waals surface area contributed by atoms with Gasteiger partial charge in [0.2, 0.25) is 0 Å². The number of carbonyl (C=O) groups excluding carboxylic acids is 1. The van der Waals surface area contributed by atoms with Gasteiger partial charge in [0.15, 0.2) is 16.1 Å². The number of aromatic nitrogens is 3. The summed E-state index contributed by atoms with van der Waals surface area (Å²) in [7, 11) is -3.06. The van der Waals surface area contributed by atoms with Gasteiger partial charge in [-0.1, -0.05) is 13.0 Å². The highest BCUT2D eigenvalue weighted by Crippen LogP contribution is 2.18. The Morgan fingerprint density at radius 2 is 2.15 bits per heavy atom. The summed E-state index contributed by atoms with van der Waals surface area (Å²) in [5.41, 5.74) is 1.46. The van der Waals surface area contributed by atoms with Crippen LogP contribution in [0.25, 0.3) is 11.4 Å². The number of carbonyl (C=O) groups is 1. The third-order valence-corrected chi connectivity index (χ3v) is 4.58. The van der Waals surface area contributed by atoms with Crippen molar-refractivity contribution in [1.29, 1.82) is 0 Å². The molecule has 0 bridgehead atoms. The summed E-state index contributed by atoms with van der Waals surface area (Å²) in [6, 6.07) is 5.33. The van der Waals surface area contributed by atoms with Crippen LogP contribution in [0.3, 0.4) is 0 Å². The van der Waals surface area contributed by atoms with Gasteiger partial charge < -0.3 is 0 Å². The first kappa shape index (κ1) is 14.4. The van der Waals surface area contributed by atoms with Crippen LogP contribution in [0.5, 0.6) is 0 Å². The summed E-state index contributed by atoms with van der Waals surface area (Å²) < 4.78 is 24.4. The molecule has 106 valence electrons. The largest absolute Gasteiger partial charge is 0.298 e. The zero-order valence-electron chi connectivity index (χ0n) is 11.1. The van der Waals surface area contributed by atoms with Crippen LogP contribution in [0.1, 0.15) is 17.3 Å². The molecule has 2 aromatic heterocycles. The number of hydrogen-bond donors (Lipinski definition) is 0. The van der Waals surface area contributed by atoms with Gasteiger partial charge in [-0.15, -0.1) is 0 Å². The van der Waals surface area contributed by atoms with Crippen LogP contribution in [-0.4, -0.2) is 41.0 Å². The maximum absolute atomic E-state index is 11.5. The molecule has 0 N–H and O–H groups in total. The molecule has 0 unspecified atom stereocenters. The zero-order chi connectivity index (χ0) is 14.6. The van der Waals surface area contributed by atoms with E-state index < -0.39 is 9.84 Å². The highest BCUT2D eigenvalue weighted by Gasteiger charge is 2.13. The molecule has 20 heavy (non-hydrogen) atoms. The summed E-state index contributed by atoms with van der Waals surface area (Å²) in [6.07, 6.45) is 3.86. The van der Waals surface area contributed by atoms with Gasteiger partial charge in [-0.2, -0.15) is 5.10 Å². The quantitative estimate of drug-likeness (QED) is 0.747. The fourth-order valence-electron chi connectivity index (χ4n) is 1.72. The molecule has 0 amide bonds. The van der Waals surface area contributed by atoms with E-state index in [9.17, 15) is 13.2 Å². The monoisotopic (exact) mass is 293 g/mol. The molecular weight excluding hydrogens is 278 g/mol. The van der Waals surface area contributed by atoms with Gasteiger partial charge in [-0.05, 0) is 12.1 Å². The minimum Gasteiger partial charge on any atom is -0.298 e. The second-order valence-corrected chi connectivity index (χ2v) is 6.74. The molecule has 2 rings (SSSR count). The maximum Gasteiger partial charge on any atom is 0.153 e. The molecule has 2 heterocycles. The van der Waals surface area contributed by atoms with E-state index in [1.807, 2.05) is 0 Å². The van der Waals surface area contributed by atoms with Crippen molar-refractivity contribution in [3.8, 4) is 11.4 Å². The minimum absolute atomic E-state index is 0.00509. The molecule has 0 fully saturated rings. The Kier molecular flexibility index (Phi) is 4.29. The lowest BCUT2D eigenvalue weighted by atomic mass is 10.2. The number of aryl methyl sites for hydroxylation is 1. The van der Waals surface area contributed by atoms with E-state index in [2.05, 4.69) is 10.1 Å². The molecule has 0 aliphatic carbocycles. The normalized spacial score (nSPS) is 11.4. The second-order valence-electron chi connectivity index (χ2n) is 4.27. The molecule has 0 saturated carbocycles. The first-order chi connectivity index (χ1) is 9.55. The van der Waals surface area contributed by atoms with E-state index in [0.29, 0.717) is 23.2 Å². The number of sulfone groups is 1. The number of hydrogen-bond acceptors (Lipinski definition) is 5. The van der Waals surface area contributed by atoms with Crippen LogP contribution in [0.4, 0.5) is 0 Å². The molecule has 7 heteroatoms. The van der Waals surface area contributed by atoms with Crippen molar-refractivity contribution in [1.82, 2.24) is 14.8 Å². The van der Waals surface area contributed by atoms with Gasteiger partial charge in [-0.3, -0.25) is 14.5 Å². The van der Waals surface area contributed by atoms with Crippen molar-refractivity contribution in [3.05, 3.63) is 36.2 Å². The van der Waals surface area contributed by atoms with E-state index in [4.69, 9.17) is 0 Å². The highest BCUT2D eigenvalue weighted by molar-refractivity contribution is 7.91. The van der Waals surface area contributed by atoms with Crippen molar-refractivity contribution in [2.45, 2.75) is 13.5 Å². The Hall–Kier alpha value is -2.02. The van der Waals surface area contributed by atoms with Crippen LogP contribution in [0.2, 0.25) is 0 Å². The molecule has 0 saturated heterocycles. The number of aldehydes is 1. The van der Waals surface area contributed by atoms with E-state index in [1.54, 1.807) is 37.5 Å². The van der Waals surface area contributed by atoms with E-state index in [-0.39, 0.29) is 18.1 Å². The van der Waals surface area contributed by atoms with Gasteiger partial charge >= 0.3 is 0 Å². The van der Waals surface area contributed by atoms with Crippen molar-refractivity contribution in [2.24, 2.45) is 0 Å². The van der Waals surface area contributed by atoms with Crippen LogP contribution < -0.4 is 0 Å². The lowest BCUT2D eigenvalue weighted by Gasteiger charge is -2.01. The SMILES string of the molecule is CCS(=O)(=O)CCn1cc(C=O)c(-c2ccccn2)n1. The van der Waals surface area contributed by atoms with Gasteiger partial charge in [-0.25, -0.2) is 8.42 Å². The molecule has 0 atom stereocenters. The van der Waals surface area contributed by atoms with Crippen molar-refractivity contribution >= 4 is 16.1 Å². The average Bonchev–Trinajstić information content (AvgIpc) is 2.90. The summed E-state index contributed by atoms with van der Waals surface area (Å²) in [5.74, 6) is 0.104. The highest BCUT2D eigenvalue weighted by atomic mass is 32.2. The van der Waals surface area contributed by atoms with Crippen LogP contribution in [0.15, 0.2) is 30.6 Å². The Bertz CT molecular complexity index is 693. The van der Waals surface area contributed by atoms with Crippen LogP contribution in [-0.2, 0) is 16.4 Å². The predicted molar refractivity (Wildman–Crippen MR) is 75.2 cm³/mol. The standard InChI is InChI=1S/C13H15N3O3S/c1-2-20(18,19)8-7-16-9-11(10-17)13(15-16)12-5-3-4-6-14-12/h3-6,9-10H,2,7-8H2,1H3. The Balaban J connectivity index is 2.26. The zero-order valence-corrected chi connectivity index (χ0v) is 11.9. The molecule has 0 spiro atoms. The number of rotatable bonds is 6. The lowest BCUT2D eigenvalue weighted by molar-refractivity contribution is 0.112. The third kappa shape index (κ3) is 3.30. The van der Waals surface area contributed by atoms with Crippen molar-refractivity contribution in [3.63, 3.8) is 0 Å². The third-order valence-electron chi connectivity index (χ3n) is 2.90. The smallest absolute Gasteiger partial charge is 0.153 e. The molecule has 0 aliphatic heterocycles. The first-order valence-corrected chi connectivity index (χ1v) is 8.02. The maximum atomic E-state index is 11.5. The Morgan fingerprint density at radius 1 is 1.35 bits per heavy atom.